The number of carbonyl (C=O) groups is 1. The van der Waals surface area contributed by atoms with E-state index in [4.69, 9.17) is 0 Å². The zero-order valence-corrected chi connectivity index (χ0v) is 21.6. The van der Waals surface area contributed by atoms with Gasteiger partial charge in [0.2, 0.25) is 5.91 Å². The molecule has 0 radical (unpaired) electrons. The minimum atomic E-state index is -0.419. The Morgan fingerprint density at radius 2 is 1.34 bits per heavy atom. The number of hydrogen-bond donors (Lipinski definition) is 0. The van der Waals surface area contributed by atoms with Gasteiger partial charge in [-0.2, -0.15) is 0 Å². The van der Waals surface area contributed by atoms with Gasteiger partial charge in [-0.3, -0.25) is 9.69 Å². The van der Waals surface area contributed by atoms with Crippen LogP contribution in [0.5, 0.6) is 0 Å². The van der Waals surface area contributed by atoms with Crippen molar-refractivity contribution in [2.75, 3.05) is 13.1 Å². The molecule has 2 atom stereocenters. The number of fused-ring (bicyclic) bond motifs is 1. The molecule has 2 aliphatic rings. The van der Waals surface area contributed by atoms with Crippen molar-refractivity contribution < 1.29 is 4.79 Å². The van der Waals surface area contributed by atoms with Gasteiger partial charge in [-0.15, -0.1) is 5.10 Å². The van der Waals surface area contributed by atoms with Crippen LogP contribution in [0.3, 0.4) is 0 Å². The van der Waals surface area contributed by atoms with Crippen LogP contribution in [0.15, 0.2) is 91.0 Å². The molecule has 194 valence electrons. The van der Waals surface area contributed by atoms with Gasteiger partial charge >= 0.3 is 0 Å². The molecule has 3 aromatic carbocycles. The quantitative estimate of drug-likeness (QED) is 0.348. The van der Waals surface area contributed by atoms with Crippen LogP contribution in [-0.4, -0.2) is 55.0 Å². The summed E-state index contributed by atoms with van der Waals surface area (Å²) in [6.45, 7) is 2.90. The second-order valence-electron chi connectivity index (χ2n) is 10.5. The average molecular weight is 507 g/mol. The van der Waals surface area contributed by atoms with Gasteiger partial charge < -0.3 is 4.90 Å². The lowest BCUT2D eigenvalue weighted by Gasteiger charge is -2.46. The van der Waals surface area contributed by atoms with Crippen molar-refractivity contribution in [3.63, 3.8) is 0 Å². The Hall–Kier alpha value is -3.84. The van der Waals surface area contributed by atoms with Crippen molar-refractivity contribution in [3.05, 3.63) is 114 Å². The Labute approximate surface area is 224 Å². The van der Waals surface area contributed by atoms with E-state index >= 15 is 0 Å². The molecule has 7 nitrogen and oxygen atoms in total. The fraction of sp³-hybridized carbons (Fsp3) is 0.355. The van der Waals surface area contributed by atoms with Crippen LogP contribution in [0.25, 0.3) is 0 Å². The van der Waals surface area contributed by atoms with E-state index in [0.29, 0.717) is 6.42 Å². The third kappa shape index (κ3) is 5.24. The Bertz CT molecular complexity index is 1320. The predicted molar refractivity (Wildman–Crippen MR) is 146 cm³/mol. The summed E-state index contributed by atoms with van der Waals surface area (Å²) >= 11 is 0. The van der Waals surface area contributed by atoms with Crippen LogP contribution >= 0.6 is 0 Å². The molecule has 0 bridgehead atoms. The number of carbonyl (C=O) groups excluding carboxylic acids is 1. The van der Waals surface area contributed by atoms with E-state index in [2.05, 4.69) is 92.1 Å². The van der Waals surface area contributed by atoms with Crippen LogP contribution in [0.1, 0.15) is 53.9 Å². The van der Waals surface area contributed by atoms with Crippen LogP contribution in [0.4, 0.5) is 0 Å². The van der Waals surface area contributed by atoms with E-state index in [1.54, 1.807) is 4.68 Å². The van der Waals surface area contributed by atoms with Crippen LogP contribution in [-0.2, 0) is 24.2 Å². The summed E-state index contributed by atoms with van der Waals surface area (Å²) in [6.07, 6.45) is 4.18. The molecule has 1 aromatic heterocycles. The maximum atomic E-state index is 14.3. The third-order valence-electron chi connectivity index (χ3n) is 8.01. The first-order valence-electron chi connectivity index (χ1n) is 13.7. The number of likely N-dealkylation sites (tertiary alicyclic amines) is 1. The summed E-state index contributed by atoms with van der Waals surface area (Å²) in [7, 11) is 0. The maximum absolute atomic E-state index is 14.3. The van der Waals surface area contributed by atoms with E-state index in [1.165, 1.54) is 11.1 Å². The van der Waals surface area contributed by atoms with E-state index < -0.39 is 6.04 Å². The number of nitrogens with zero attached hydrogens (tertiary/aromatic N) is 6. The maximum Gasteiger partial charge on any atom is 0.248 e. The highest BCUT2D eigenvalue weighted by Gasteiger charge is 2.45. The number of amides is 1. The second-order valence-corrected chi connectivity index (χ2v) is 10.5. The minimum Gasteiger partial charge on any atom is -0.327 e. The minimum absolute atomic E-state index is 0.129. The van der Waals surface area contributed by atoms with Gasteiger partial charge in [0.05, 0.1) is 6.04 Å². The molecule has 3 heterocycles. The first-order valence-corrected chi connectivity index (χ1v) is 13.7. The Morgan fingerprint density at radius 1 is 0.737 bits per heavy atom. The molecule has 0 aliphatic carbocycles. The smallest absolute Gasteiger partial charge is 0.248 e. The number of aromatic nitrogens is 4. The zero-order chi connectivity index (χ0) is 25.7. The third-order valence-corrected chi connectivity index (χ3v) is 8.01. The lowest BCUT2D eigenvalue weighted by atomic mass is 9.92. The number of piperidine rings is 1. The standard InChI is InChI=1S/C31H34N6O/c38-31-29(22-25-12-6-2-7-13-25)37-30(32-33-34-37)28(17-16-24-10-4-1-5-11-24)36(31)27-18-20-35(21-19-27)23-26-14-8-3-9-15-26/h1-15,27-29H,16-23H2. The molecule has 0 spiro atoms. The molecule has 38 heavy (non-hydrogen) atoms. The lowest BCUT2D eigenvalue weighted by Crippen LogP contribution is -2.54. The summed E-state index contributed by atoms with van der Waals surface area (Å²) in [5.41, 5.74) is 3.72. The van der Waals surface area contributed by atoms with Crippen molar-refractivity contribution in [1.29, 1.82) is 0 Å². The molecule has 1 fully saturated rings. The van der Waals surface area contributed by atoms with Crippen molar-refractivity contribution >= 4 is 5.91 Å². The van der Waals surface area contributed by atoms with Gasteiger partial charge in [0.1, 0.15) is 6.04 Å². The Kier molecular flexibility index (Phi) is 7.27. The summed E-state index contributed by atoms with van der Waals surface area (Å²) < 4.78 is 1.80. The van der Waals surface area contributed by atoms with Crippen molar-refractivity contribution in [2.24, 2.45) is 0 Å². The summed E-state index contributed by atoms with van der Waals surface area (Å²) in [5, 5.41) is 12.9. The van der Waals surface area contributed by atoms with Crippen LogP contribution in [0.2, 0.25) is 0 Å². The number of tetrazole rings is 1. The first kappa shape index (κ1) is 24.5. The highest BCUT2D eigenvalue weighted by atomic mass is 16.2. The summed E-state index contributed by atoms with van der Waals surface area (Å²) in [6, 6.07) is 30.9. The van der Waals surface area contributed by atoms with E-state index in [1.807, 2.05) is 24.3 Å². The molecule has 2 unspecified atom stereocenters. The van der Waals surface area contributed by atoms with Crippen LogP contribution < -0.4 is 0 Å². The number of hydrogen-bond acceptors (Lipinski definition) is 5. The van der Waals surface area contributed by atoms with Gasteiger partial charge in [0, 0.05) is 32.1 Å². The molecule has 4 aromatic rings. The van der Waals surface area contributed by atoms with Crippen molar-refractivity contribution in [1.82, 2.24) is 30.0 Å². The second kappa shape index (κ2) is 11.3. The molecule has 2 aliphatic heterocycles. The summed E-state index contributed by atoms with van der Waals surface area (Å²) in [4.78, 5) is 19.0. The first-order chi connectivity index (χ1) is 18.8. The Morgan fingerprint density at radius 3 is 2.00 bits per heavy atom. The number of benzene rings is 3. The zero-order valence-electron chi connectivity index (χ0n) is 21.6. The Balaban J connectivity index is 1.25. The molecule has 0 N–H and O–H groups in total. The van der Waals surface area contributed by atoms with Gasteiger partial charge in [-0.1, -0.05) is 91.0 Å². The molecule has 1 saturated heterocycles. The highest BCUT2D eigenvalue weighted by molar-refractivity contribution is 5.82. The molecule has 0 saturated carbocycles. The normalized spacial score (nSPS) is 20.4. The van der Waals surface area contributed by atoms with E-state index in [-0.39, 0.29) is 18.0 Å². The van der Waals surface area contributed by atoms with Gasteiger partial charge in [0.15, 0.2) is 5.82 Å². The molecule has 6 rings (SSSR count). The summed E-state index contributed by atoms with van der Waals surface area (Å²) in [5.74, 6) is 0.960. The fourth-order valence-corrected chi connectivity index (χ4v) is 6.06. The molecule has 1 amide bonds. The molecule has 7 heteroatoms. The average Bonchev–Trinajstić information content (AvgIpc) is 3.46. The van der Waals surface area contributed by atoms with Crippen LogP contribution in [0, 0.1) is 0 Å². The highest BCUT2D eigenvalue weighted by Crippen LogP contribution is 2.38. The van der Waals surface area contributed by atoms with Gasteiger partial charge in [-0.05, 0) is 52.8 Å². The lowest BCUT2D eigenvalue weighted by molar-refractivity contribution is -0.145. The molecular weight excluding hydrogens is 472 g/mol. The van der Waals surface area contributed by atoms with Crippen molar-refractivity contribution in [2.45, 2.75) is 56.8 Å². The SMILES string of the molecule is O=C1C(Cc2ccccc2)n2nnnc2C(CCc2ccccc2)N1C1CCN(Cc2ccccc2)CC1. The van der Waals surface area contributed by atoms with E-state index in [0.717, 1.165) is 56.7 Å². The predicted octanol–water partition coefficient (Wildman–Crippen LogP) is 4.64. The monoisotopic (exact) mass is 506 g/mol. The molecular formula is C31H34N6O. The topological polar surface area (TPSA) is 67.2 Å². The van der Waals surface area contributed by atoms with E-state index in [9.17, 15) is 4.79 Å². The largest absolute Gasteiger partial charge is 0.327 e. The fourth-order valence-electron chi connectivity index (χ4n) is 6.06. The number of rotatable bonds is 8. The number of aryl methyl sites for hydroxylation is 1. The van der Waals surface area contributed by atoms with Gasteiger partial charge in [-0.25, -0.2) is 4.68 Å². The van der Waals surface area contributed by atoms with Crippen molar-refractivity contribution in [3.8, 4) is 0 Å². The van der Waals surface area contributed by atoms with Gasteiger partial charge in [0.25, 0.3) is 0 Å².